The van der Waals surface area contributed by atoms with Crippen molar-refractivity contribution >= 4 is 23.5 Å². The fraction of sp³-hybridized carbons (Fsp3) is 0.714. The third-order valence-corrected chi connectivity index (χ3v) is 7.10. The number of nitrogens with zero attached hydrogens (tertiary/aromatic N) is 1. The lowest BCUT2D eigenvalue weighted by atomic mass is 9.88. The van der Waals surface area contributed by atoms with Gasteiger partial charge < -0.3 is 25.6 Å². The van der Waals surface area contributed by atoms with Gasteiger partial charge in [-0.25, -0.2) is 4.79 Å². The first-order valence-corrected chi connectivity index (χ1v) is 14.1. The van der Waals surface area contributed by atoms with Gasteiger partial charge in [0.25, 0.3) is 0 Å². The van der Waals surface area contributed by atoms with E-state index in [4.69, 9.17) is 16.3 Å². The maximum absolute atomic E-state index is 12.5. The molecule has 0 radical (unpaired) electrons. The number of amides is 3. The highest BCUT2D eigenvalue weighted by atomic mass is 35.5. The molecular formula is C28H47ClN4O3. The van der Waals surface area contributed by atoms with E-state index in [-0.39, 0.29) is 30.6 Å². The number of hydrogen-bond donors (Lipinski definition) is 3. The van der Waals surface area contributed by atoms with Crippen LogP contribution in [-0.2, 0) is 9.53 Å². The van der Waals surface area contributed by atoms with Crippen molar-refractivity contribution in [2.75, 3.05) is 46.4 Å². The third-order valence-electron chi connectivity index (χ3n) is 6.86. The van der Waals surface area contributed by atoms with Crippen LogP contribution in [0.2, 0.25) is 5.02 Å². The molecule has 1 heterocycles. The van der Waals surface area contributed by atoms with Gasteiger partial charge in [0.05, 0.1) is 6.10 Å². The molecule has 7 nitrogen and oxygen atoms in total. The van der Waals surface area contributed by atoms with Crippen molar-refractivity contribution in [3.63, 3.8) is 0 Å². The van der Waals surface area contributed by atoms with Crippen LogP contribution < -0.4 is 16.0 Å². The summed E-state index contributed by atoms with van der Waals surface area (Å²) in [5.74, 6) is 1.00. The van der Waals surface area contributed by atoms with E-state index in [1.54, 1.807) is 0 Å². The highest BCUT2D eigenvalue weighted by Gasteiger charge is 2.31. The van der Waals surface area contributed by atoms with Crippen molar-refractivity contribution < 1.29 is 14.3 Å². The molecule has 1 aliphatic heterocycles. The molecule has 1 aromatic carbocycles. The first kappa shape index (κ1) is 30.4. The lowest BCUT2D eigenvalue weighted by Gasteiger charge is -2.37. The molecule has 3 amide bonds. The molecule has 3 N–H and O–H groups in total. The lowest BCUT2D eigenvalue weighted by molar-refractivity contribution is -0.129. The van der Waals surface area contributed by atoms with Crippen molar-refractivity contribution in [1.29, 1.82) is 0 Å². The van der Waals surface area contributed by atoms with Crippen LogP contribution in [0.25, 0.3) is 0 Å². The Labute approximate surface area is 223 Å². The Bertz CT molecular complexity index is 773. The number of urea groups is 1. The van der Waals surface area contributed by atoms with E-state index in [0.717, 1.165) is 43.8 Å². The molecule has 0 bridgehead atoms. The Hall–Kier alpha value is -1.83. The summed E-state index contributed by atoms with van der Waals surface area (Å²) in [6.45, 7) is 7.61. The van der Waals surface area contributed by atoms with E-state index < -0.39 is 0 Å². The number of piperidine rings is 1. The minimum absolute atomic E-state index is 0.0119. The number of carbonyl (C=O) groups excluding carboxylic acids is 2. The van der Waals surface area contributed by atoms with Gasteiger partial charge >= 0.3 is 6.03 Å². The summed E-state index contributed by atoms with van der Waals surface area (Å²) in [6.07, 6.45) is 9.84. The number of likely N-dealkylation sites (tertiary alicyclic amines) is 1. The number of benzene rings is 1. The Balaban J connectivity index is 0.000000558. The van der Waals surface area contributed by atoms with Crippen molar-refractivity contribution in [1.82, 2.24) is 20.9 Å². The predicted octanol–water partition coefficient (Wildman–Crippen LogP) is 5.15. The van der Waals surface area contributed by atoms with Gasteiger partial charge in [0.15, 0.2) is 0 Å². The number of likely N-dealkylation sites (N-methyl/N-ethyl adjacent to an activating group) is 1. The van der Waals surface area contributed by atoms with Crippen LogP contribution in [0, 0.1) is 11.8 Å². The summed E-state index contributed by atoms with van der Waals surface area (Å²) < 4.78 is 6.07. The van der Waals surface area contributed by atoms with Crippen LogP contribution in [-0.4, -0.2) is 63.2 Å². The van der Waals surface area contributed by atoms with Crippen molar-refractivity contribution in [3.8, 4) is 0 Å². The second kappa shape index (κ2) is 17.6. The SMILES string of the molecule is CC1CCCCC1.CCCNC(=O)COC(c1cccc(Cl)c1)C1CCCN(C(=O)NCCNC)C1. The van der Waals surface area contributed by atoms with Crippen molar-refractivity contribution in [2.45, 2.75) is 71.3 Å². The molecule has 36 heavy (non-hydrogen) atoms. The summed E-state index contributed by atoms with van der Waals surface area (Å²) in [7, 11) is 1.85. The van der Waals surface area contributed by atoms with E-state index in [0.29, 0.717) is 24.7 Å². The molecule has 204 valence electrons. The maximum Gasteiger partial charge on any atom is 0.317 e. The zero-order chi connectivity index (χ0) is 26.2. The predicted molar refractivity (Wildman–Crippen MR) is 147 cm³/mol. The number of hydrogen-bond acceptors (Lipinski definition) is 4. The summed E-state index contributed by atoms with van der Waals surface area (Å²) in [4.78, 5) is 26.4. The van der Waals surface area contributed by atoms with Gasteiger partial charge in [0.1, 0.15) is 6.61 Å². The van der Waals surface area contributed by atoms with Gasteiger partial charge in [0, 0.05) is 43.7 Å². The zero-order valence-electron chi connectivity index (χ0n) is 22.5. The van der Waals surface area contributed by atoms with Crippen LogP contribution in [0.5, 0.6) is 0 Å². The molecule has 1 aromatic rings. The van der Waals surface area contributed by atoms with E-state index in [1.165, 1.54) is 32.1 Å². The monoisotopic (exact) mass is 522 g/mol. The topological polar surface area (TPSA) is 82.7 Å². The summed E-state index contributed by atoms with van der Waals surface area (Å²) in [6, 6.07) is 7.49. The molecule has 1 aliphatic carbocycles. The number of halogens is 1. The average Bonchev–Trinajstić information content (AvgIpc) is 2.89. The highest BCUT2D eigenvalue weighted by molar-refractivity contribution is 6.30. The van der Waals surface area contributed by atoms with Gasteiger partial charge in [-0.15, -0.1) is 0 Å². The van der Waals surface area contributed by atoms with Crippen LogP contribution >= 0.6 is 11.6 Å². The average molecular weight is 523 g/mol. The molecule has 1 saturated heterocycles. The van der Waals surface area contributed by atoms with E-state index >= 15 is 0 Å². The van der Waals surface area contributed by atoms with Gasteiger partial charge in [0.2, 0.25) is 5.91 Å². The molecule has 8 heteroatoms. The van der Waals surface area contributed by atoms with Crippen LogP contribution in [0.15, 0.2) is 24.3 Å². The largest absolute Gasteiger partial charge is 0.363 e. The number of ether oxygens (including phenoxy) is 1. The van der Waals surface area contributed by atoms with Gasteiger partial charge in [-0.05, 0) is 49.9 Å². The molecule has 2 fully saturated rings. The molecule has 0 aromatic heterocycles. The second-order valence-corrected chi connectivity index (χ2v) is 10.5. The number of nitrogens with one attached hydrogen (secondary N) is 3. The van der Waals surface area contributed by atoms with Gasteiger partial charge in [-0.2, -0.15) is 0 Å². The zero-order valence-corrected chi connectivity index (χ0v) is 23.2. The third kappa shape index (κ3) is 11.5. The summed E-state index contributed by atoms with van der Waals surface area (Å²) in [5, 5.41) is 9.42. The lowest BCUT2D eigenvalue weighted by Crippen LogP contribution is -2.48. The molecule has 2 unspecified atom stereocenters. The van der Waals surface area contributed by atoms with E-state index in [9.17, 15) is 9.59 Å². The summed E-state index contributed by atoms with van der Waals surface area (Å²) in [5.41, 5.74) is 0.934. The first-order valence-electron chi connectivity index (χ1n) is 13.8. The molecule has 3 rings (SSSR count). The molecular weight excluding hydrogens is 476 g/mol. The fourth-order valence-corrected chi connectivity index (χ4v) is 5.02. The Morgan fingerprint density at radius 3 is 2.50 bits per heavy atom. The standard InChI is InChI=1S/C21H33ClN4O3.C7H14/c1-3-9-24-19(27)15-29-20(16-6-4-8-18(22)13-16)17-7-5-12-26(14-17)21(28)25-11-10-23-2;1-7-5-3-2-4-6-7/h4,6,8,13,17,20,23H,3,5,7,9-12,14-15H2,1-2H3,(H,24,27)(H,25,28);7H,2-6H2,1H3. The Morgan fingerprint density at radius 1 is 1.08 bits per heavy atom. The number of rotatable bonds is 10. The highest BCUT2D eigenvalue weighted by Crippen LogP contribution is 2.34. The molecule has 0 spiro atoms. The summed E-state index contributed by atoms with van der Waals surface area (Å²) >= 11 is 6.19. The number of carbonyl (C=O) groups is 2. The normalized spacial score (nSPS) is 19.1. The van der Waals surface area contributed by atoms with E-state index in [2.05, 4.69) is 22.9 Å². The van der Waals surface area contributed by atoms with Gasteiger partial charge in [-0.3, -0.25) is 4.79 Å². The Morgan fingerprint density at radius 2 is 1.86 bits per heavy atom. The molecule has 2 atom stereocenters. The minimum atomic E-state index is -0.297. The van der Waals surface area contributed by atoms with Crippen LogP contribution in [0.4, 0.5) is 4.79 Å². The minimum Gasteiger partial charge on any atom is -0.363 e. The molecule has 2 aliphatic rings. The Kier molecular flexibility index (Phi) is 14.9. The van der Waals surface area contributed by atoms with Crippen LogP contribution in [0.3, 0.4) is 0 Å². The van der Waals surface area contributed by atoms with E-state index in [1.807, 2.05) is 43.1 Å². The fourth-order valence-electron chi connectivity index (χ4n) is 4.82. The van der Waals surface area contributed by atoms with Crippen LogP contribution in [0.1, 0.15) is 76.9 Å². The first-order chi connectivity index (χ1) is 17.4. The maximum atomic E-state index is 12.5. The second-order valence-electron chi connectivity index (χ2n) is 10.1. The molecule has 1 saturated carbocycles. The quantitative estimate of drug-likeness (QED) is 0.371. The van der Waals surface area contributed by atoms with Crippen molar-refractivity contribution in [2.24, 2.45) is 11.8 Å². The van der Waals surface area contributed by atoms with Crippen molar-refractivity contribution in [3.05, 3.63) is 34.9 Å². The smallest absolute Gasteiger partial charge is 0.317 e. The van der Waals surface area contributed by atoms with Gasteiger partial charge in [-0.1, -0.05) is 69.7 Å².